The van der Waals surface area contributed by atoms with E-state index in [0.717, 1.165) is 0 Å². The van der Waals surface area contributed by atoms with Gasteiger partial charge in [0.05, 0.1) is 12.9 Å². The van der Waals surface area contributed by atoms with Gasteiger partial charge >= 0.3 is 15.6 Å². The lowest BCUT2D eigenvalue weighted by molar-refractivity contribution is -0.0417. The van der Waals surface area contributed by atoms with Gasteiger partial charge in [0.25, 0.3) is 0 Å². The summed E-state index contributed by atoms with van der Waals surface area (Å²) in [6.45, 7) is -0.657. The Morgan fingerprint density at radius 3 is 2.64 bits per heavy atom. The monoisotopic (exact) mass is 459 g/mol. The summed E-state index contributed by atoms with van der Waals surface area (Å²) in [6.07, 6.45) is -1.98. The summed E-state index contributed by atoms with van der Waals surface area (Å²) >= 11 is 5.90. The van der Waals surface area contributed by atoms with Crippen LogP contribution in [-0.2, 0) is 22.9 Å². The first kappa shape index (κ1) is 21.5. The first-order valence-electron chi connectivity index (χ1n) is 7.64. The molecule has 0 unspecified atom stereocenters. The summed E-state index contributed by atoms with van der Waals surface area (Å²) in [6, 6.07) is 0. The third kappa shape index (κ3) is 5.05. The average molecular weight is 460 g/mol. The predicted molar refractivity (Wildman–Crippen MR) is 93.3 cm³/mol. The van der Waals surface area contributed by atoms with Crippen LogP contribution in [-0.4, -0.2) is 65.0 Å². The van der Waals surface area contributed by atoms with Crippen LogP contribution in [0.3, 0.4) is 0 Å². The summed E-state index contributed by atoms with van der Waals surface area (Å²) in [5.74, 6) is 0.358. The molecule has 14 nitrogen and oxygen atoms in total. The van der Waals surface area contributed by atoms with Crippen molar-refractivity contribution in [1.29, 1.82) is 0 Å². The highest BCUT2D eigenvalue weighted by atomic mass is 35.5. The molecule has 0 saturated carbocycles. The summed E-state index contributed by atoms with van der Waals surface area (Å²) in [7, 11) is -8.11. The van der Waals surface area contributed by atoms with Gasteiger partial charge in [0, 0.05) is 13.5 Å². The summed E-state index contributed by atoms with van der Waals surface area (Å²) in [5, 5.41) is 2.75. The molecule has 1 fully saturated rings. The molecule has 1 aliphatic rings. The van der Waals surface area contributed by atoms with E-state index < -0.39 is 40.7 Å². The fraction of sp³-hybridized carbons (Fsp3) is 0.545. The maximum atomic E-state index is 11.2. The van der Waals surface area contributed by atoms with Gasteiger partial charge < -0.3 is 29.6 Å². The number of ether oxygens (including phenoxy) is 1. The molecule has 0 bridgehead atoms. The van der Waals surface area contributed by atoms with Crippen LogP contribution in [0.25, 0.3) is 11.2 Å². The van der Waals surface area contributed by atoms with Crippen molar-refractivity contribution in [1.82, 2.24) is 19.5 Å². The SMILES string of the molecule is CNc1nc(Cl)nc2c1ncn2[C@H]1C[C@H](OP(=O)(O)O)[C@@H](COP(=O)(O)O)O1. The molecule has 0 spiro atoms. The summed E-state index contributed by atoms with van der Waals surface area (Å²) in [4.78, 5) is 48.1. The van der Waals surface area contributed by atoms with Gasteiger partial charge in [0.15, 0.2) is 17.0 Å². The zero-order valence-corrected chi connectivity index (χ0v) is 16.7. The number of rotatable bonds is 7. The zero-order chi connectivity index (χ0) is 20.7. The van der Waals surface area contributed by atoms with Crippen molar-refractivity contribution in [2.75, 3.05) is 19.0 Å². The maximum Gasteiger partial charge on any atom is 0.469 e. The predicted octanol–water partition coefficient (Wildman–Crippen LogP) is 0.396. The largest absolute Gasteiger partial charge is 0.469 e. The number of nitrogens with zero attached hydrogens (tertiary/aromatic N) is 4. The third-order valence-electron chi connectivity index (χ3n) is 3.80. The first-order chi connectivity index (χ1) is 13.0. The highest BCUT2D eigenvalue weighted by Gasteiger charge is 2.42. The standard InChI is InChI=1S/C11H16ClN5O9P2/c1-13-9-8-10(16-11(12)15-9)17(4-14-8)7-2-5(26-28(21,22)23)6(25-7)3-24-27(18,19)20/h4-7H,2-3H2,1H3,(H,13,15,16)(H2,18,19,20)(H2,21,22,23)/t5-,6+,7+/m0/s1. The van der Waals surface area contributed by atoms with Crippen molar-refractivity contribution in [2.24, 2.45) is 0 Å². The Morgan fingerprint density at radius 2 is 2.04 bits per heavy atom. The molecule has 0 amide bonds. The highest BCUT2D eigenvalue weighted by molar-refractivity contribution is 7.46. The smallest absolute Gasteiger partial charge is 0.371 e. The fourth-order valence-corrected chi connectivity index (χ4v) is 3.83. The van der Waals surface area contributed by atoms with Gasteiger partial charge in [-0.3, -0.25) is 13.6 Å². The van der Waals surface area contributed by atoms with Crippen molar-refractivity contribution in [2.45, 2.75) is 24.9 Å². The molecule has 0 radical (unpaired) electrons. The minimum Gasteiger partial charge on any atom is -0.371 e. The number of aromatic nitrogens is 4. The second-order valence-corrected chi connectivity index (χ2v) is 8.47. The van der Waals surface area contributed by atoms with E-state index in [9.17, 15) is 9.13 Å². The van der Waals surface area contributed by atoms with Crippen LogP contribution in [0.2, 0.25) is 5.28 Å². The zero-order valence-electron chi connectivity index (χ0n) is 14.1. The quantitative estimate of drug-likeness (QED) is 0.282. The van der Waals surface area contributed by atoms with Gasteiger partial charge in [-0.1, -0.05) is 0 Å². The van der Waals surface area contributed by atoms with E-state index >= 15 is 0 Å². The Hall–Kier alpha value is -1.18. The van der Waals surface area contributed by atoms with Crippen LogP contribution in [0.1, 0.15) is 12.6 Å². The molecule has 17 heteroatoms. The van der Waals surface area contributed by atoms with Crippen molar-refractivity contribution >= 4 is 44.2 Å². The van der Waals surface area contributed by atoms with Crippen LogP contribution in [0, 0.1) is 0 Å². The van der Waals surface area contributed by atoms with Crippen LogP contribution in [0.4, 0.5) is 5.82 Å². The van der Waals surface area contributed by atoms with Crippen LogP contribution >= 0.6 is 27.2 Å². The normalized spacial score (nSPS) is 23.4. The van der Waals surface area contributed by atoms with Gasteiger partial charge in [-0.05, 0) is 11.6 Å². The van der Waals surface area contributed by atoms with Crippen molar-refractivity contribution in [3.8, 4) is 0 Å². The molecule has 0 aliphatic carbocycles. The van der Waals surface area contributed by atoms with Crippen LogP contribution < -0.4 is 5.32 Å². The number of nitrogens with one attached hydrogen (secondary N) is 1. The fourth-order valence-electron chi connectivity index (χ4n) is 2.75. The number of imidazole rings is 1. The molecule has 1 aliphatic heterocycles. The number of phosphoric acid groups is 2. The van der Waals surface area contributed by atoms with E-state index in [-0.39, 0.29) is 17.4 Å². The molecule has 0 aromatic carbocycles. The number of anilines is 1. The van der Waals surface area contributed by atoms with Crippen molar-refractivity contribution in [3.63, 3.8) is 0 Å². The molecule has 156 valence electrons. The molecule has 1 saturated heterocycles. The molecular formula is C11H16ClN5O9P2. The summed E-state index contributed by atoms with van der Waals surface area (Å²) in [5.41, 5.74) is 0.652. The topological polar surface area (TPSA) is 198 Å². The van der Waals surface area contributed by atoms with E-state index in [1.54, 1.807) is 7.05 Å². The highest BCUT2D eigenvalue weighted by Crippen LogP contribution is 2.45. The molecule has 3 heterocycles. The minimum atomic E-state index is -4.90. The van der Waals surface area contributed by atoms with E-state index in [2.05, 4.69) is 29.3 Å². The van der Waals surface area contributed by atoms with Gasteiger partial charge in [0.1, 0.15) is 18.4 Å². The van der Waals surface area contributed by atoms with E-state index in [1.807, 2.05) is 0 Å². The van der Waals surface area contributed by atoms with Gasteiger partial charge in [-0.2, -0.15) is 9.97 Å². The number of hydrogen-bond acceptors (Lipinski definition) is 9. The molecular weight excluding hydrogens is 444 g/mol. The van der Waals surface area contributed by atoms with Gasteiger partial charge in [-0.25, -0.2) is 14.1 Å². The number of halogens is 1. The lowest BCUT2D eigenvalue weighted by atomic mass is 10.2. The van der Waals surface area contributed by atoms with E-state index in [4.69, 9.17) is 35.9 Å². The Labute approximate surface area is 162 Å². The molecule has 2 aromatic rings. The summed E-state index contributed by atoms with van der Waals surface area (Å²) < 4.78 is 38.3. The van der Waals surface area contributed by atoms with E-state index in [1.165, 1.54) is 10.9 Å². The lowest BCUT2D eigenvalue weighted by Crippen LogP contribution is -2.28. The molecule has 28 heavy (non-hydrogen) atoms. The van der Waals surface area contributed by atoms with Crippen LogP contribution in [0.15, 0.2) is 6.33 Å². The first-order valence-corrected chi connectivity index (χ1v) is 11.1. The molecule has 3 atom stereocenters. The van der Waals surface area contributed by atoms with Gasteiger partial charge in [-0.15, -0.1) is 0 Å². The molecule has 2 aromatic heterocycles. The van der Waals surface area contributed by atoms with Crippen molar-refractivity contribution < 1.29 is 42.5 Å². The number of phosphoric ester groups is 2. The third-order valence-corrected chi connectivity index (χ3v) is 5.00. The lowest BCUT2D eigenvalue weighted by Gasteiger charge is -2.19. The van der Waals surface area contributed by atoms with E-state index in [0.29, 0.717) is 11.3 Å². The minimum absolute atomic E-state index is 0.0685. The Morgan fingerprint density at radius 1 is 1.32 bits per heavy atom. The Balaban J connectivity index is 1.90. The number of hydrogen-bond donors (Lipinski definition) is 5. The number of fused-ring (bicyclic) bond motifs is 1. The van der Waals surface area contributed by atoms with Crippen LogP contribution in [0.5, 0.6) is 0 Å². The second-order valence-electron chi connectivity index (χ2n) is 5.70. The maximum absolute atomic E-state index is 11.2. The van der Waals surface area contributed by atoms with Crippen molar-refractivity contribution in [3.05, 3.63) is 11.6 Å². The molecule has 3 rings (SSSR count). The molecule has 5 N–H and O–H groups in total. The average Bonchev–Trinajstić information content (AvgIpc) is 3.13. The Bertz CT molecular complexity index is 961. The Kier molecular flexibility index (Phi) is 6.09. The van der Waals surface area contributed by atoms with Gasteiger partial charge in [0.2, 0.25) is 5.28 Å². The second kappa shape index (κ2) is 7.92.